The first-order valence-corrected chi connectivity index (χ1v) is 11.0. The van der Waals surface area contributed by atoms with Crippen molar-refractivity contribution < 1.29 is 19.1 Å². The lowest BCUT2D eigenvalue weighted by Gasteiger charge is -2.38. The largest absolute Gasteiger partial charge is 0.451 e. The highest BCUT2D eigenvalue weighted by Crippen LogP contribution is 2.52. The van der Waals surface area contributed by atoms with Gasteiger partial charge in [-0.25, -0.2) is 4.79 Å². The number of amides is 1. The summed E-state index contributed by atoms with van der Waals surface area (Å²) in [6.07, 6.45) is 7.16. The van der Waals surface area contributed by atoms with E-state index in [0.717, 1.165) is 11.1 Å². The SMILES string of the molecule is C[C@@]1(/C=C/C=C/C=O)S[C@@H]2CC(=O)N2[C@H]1C(=O)OC(c1ccccc1)c1ccccc1. The Morgan fingerprint density at radius 3 is 2.23 bits per heavy atom. The topological polar surface area (TPSA) is 63.7 Å². The van der Waals surface area contributed by atoms with Crippen LogP contribution < -0.4 is 0 Å². The minimum absolute atomic E-state index is 0.0401. The molecule has 0 spiro atoms. The predicted octanol–water partition coefficient (Wildman–Crippen LogP) is 4.06. The number of hydrogen-bond acceptors (Lipinski definition) is 5. The summed E-state index contributed by atoms with van der Waals surface area (Å²) in [5.74, 6) is -0.483. The van der Waals surface area contributed by atoms with Crippen LogP contribution in [0.2, 0.25) is 0 Å². The molecule has 2 fully saturated rings. The number of esters is 1. The van der Waals surface area contributed by atoms with Crippen molar-refractivity contribution in [1.82, 2.24) is 4.90 Å². The number of allylic oxidation sites excluding steroid dienone is 3. The van der Waals surface area contributed by atoms with E-state index in [-0.39, 0.29) is 11.3 Å². The second-order valence-corrected chi connectivity index (χ2v) is 9.34. The number of nitrogens with zero attached hydrogens (tertiary/aromatic N) is 1. The van der Waals surface area contributed by atoms with Gasteiger partial charge in [-0.15, -0.1) is 11.8 Å². The quantitative estimate of drug-likeness (QED) is 0.217. The second kappa shape index (κ2) is 8.94. The molecule has 2 aliphatic rings. The number of carbonyl (C=O) groups is 3. The van der Waals surface area contributed by atoms with Crippen molar-refractivity contribution in [2.75, 3.05) is 0 Å². The van der Waals surface area contributed by atoms with Crippen molar-refractivity contribution in [2.24, 2.45) is 0 Å². The van der Waals surface area contributed by atoms with Crippen molar-refractivity contribution >= 4 is 29.9 Å². The van der Waals surface area contributed by atoms with Gasteiger partial charge in [-0.05, 0) is 24.1 Å². The Balaban J connectivity index is 1.65. The lowest BCUT2D eigenvalue weighted by molar-refractivity contribution is -0.163. The third kappa shape index (κ3) is 4.21. The molecule has 158 valence electrons. The third-order valence-electron chi connectivity index (χ3n) is 5.55. The van der Waals surface area contributed by atoms with Gasteiger partial charge in [0.25, 0.3) is 0 Å². The van der Waals surface area contributed by atoms with Gasteiger partial charge in [-0.1, -0.05) is 78.9 Å². The summed E-state index contributed by atoms with van der Waals surface area (Å²) >= 11 is 1.57. The monoisotopic (exact) mass is 433 g/mol. The maximum Gasteiger partial charge on any atom is 0.331 e. The molecular weight excluding hydrogens is 410 g/mol. The number of carbonyl (C=O) groups excluding carboxylic acids is 3. The number of benzene rings is 2. The molecule has 0 bridgehead atoms. The Labute approximate surface area is 185 Å². The number of ether oxygens (including phenoxy) is 1. The molecule has 5 nitrogen and oxygen atoms in total. The summed E-state index contributed by atoms with van der Waals surface area (Å²) in [7, 11) is 0. The van der Waals surface area contributed by atoms with Crippen LogP contribution in [0, 0.1) is 0 Å². The Bertz CT molecular complexity index is 981. The summed E-state index contributed by atoms with van der Waals surface area (Å²) in [6, 6.07) is 18.4. The zero-order chi connectivity index (χ0) is 21.8. The number of hydrogen-bond donors (Lipinski definition) is 0. The Morgan fingerprint density at radius 2 is 1.68 bits per heavy atom. The number of fused-ring (bicyclic) bond motifs is 1. The van der Waals surface area contributed by atoms with Crippen LogP contribution in [-0.4, -0.2) is 39.2 Å². The highest BCUT2D eigenvalue weighted by molar-refractivity contribution is 8.01. The summed E-state index contributed by atoms with van der Waals surface area (Å²) in [5.41, 5.74) is 1.73. The number of thioether (sulfide) groups is 1. The minimum atomic E-state index is -0.737. The van der Waals surface area contributed by atoms with Crippen LogP contribution in [0.4, 0.5) is 0 Å². The van der Waals surface area contributed by atoms with Gasteiger partial charge >= 0.3 is 5.97 Å². The number of rotatable bonds is 7. The molecule has 0 radical (unpaired) electrons. The first-order valence-electron chi connectivity index (χ1n) is 10.1. The first-order chi connectivity index (χ1) is 15.0. The molecule has 0 N–H and O–H groups in total. The smallest absolute Gasteiger partial charge is 0.331 e. The normalized spacial score (nSPS) is 25.1. The zero-order valence-electron chi connectivity index (χ0n) is 17.1. The Hall–Kier alpha value is -3.12. The summed E-state index contributed by atoms with van der Waals surface area (Å²) in [5, 5.41) is -0.0401. The number of β-lactam (4-membered cyclic amide) rings is 1. The third-order valence-corrected chi connectivity index (χ3v) is 7.08. The van der Waals surface area contributed by atoms with Gasteiger partial charge in [0.1, 0.15) is 12.3 Å². The Morgan fingerprint density at radius 1 is 1.06 bits per heavy atom. The van der Waals surface area contributed by atoms with Crippen LogP contribution in [0.1, 0.15) is 30.6 Å². The average Bonchev–Trinajstić information content (AvgIpc) is 3.03. The molecular formula is C25H23NO4S. The van der Waals surface area contributed by atoms with Crippen molar-refractivity contribution in [1.29, 1.82) is 0 Å². The van der Waals surface area contributed by atoms with E-state index in [1.807, 2.05) is 73.7 Å². The van der Waals surface area contributed by atoms with Crippen molar-refractivity contribution in [3.8, 4) is 0 Å². The lowest BCUT2D eigenvalue weighted by Crippen LogP contribution is -2.57. The van der Waals surface area contributed by atoms with E-state index in [4.69, 9.17) is 4.74 Å². The molecule has 2 heterocycles. The molecule has 2 aromatic carbocycles. The summed E-state index contributed by atoms with van der Waals surface area (Å²) < 4.78 is 5.42. The van der Waals surface area contributed by atoms with Crippen LogP contribution >= 0.6 is 11.8 Å². The van der Waals surface area contributed by atoms with Crippen LogP contribution in [0.15, 0.2) is 85.0 Å². The van der Waals surface area contributed by atoms with Crippen molar-refractivity contribution in [3.05, 3.63) is 96.1 Å². The van der Waals surface area contributed by atoms with E-state index in [1.54, 1.807) is 28.8 Å². The molecule has 3 atom stereocenters. The fraction of sp³-hybridized carbons (Fsp3) is 0.240. The van der Waals surface area contributed by atoms with Crippen LogP contribution in [-0.2, 0) is 19.1 Å². The maximum absolute atomic E-state index is 13.5. The van der Waals surface area contributed by atoms with E-state index in [0.29, 0.717) is 12.7 Å². The summed E-state index contributed by atoms with van der Waals surface area (Å²) in [4.78, 5) is 38.0. The fourth-order valence-corrected chi connectivity index (χ4v) is 5.70. The predicted molar refractivity (Wildman–Crippen MR) is 120 cm³/mol. The van der Waals surface area contributed by atoms with E-state index in [2.05, 4.69) is 0 Å². The summed E-state index contributed by atoms with van der Waals surface area (Å²) in [6.45, 7) is 1.93. The molecule has 0 aliphatic carbocycles. The van der Waals surface area contributed by atoms with Gasteiger partial charge in [0, 0.05) is 0 Å². The van der Waals surface area contributed by atoms with E-state index in [9.17, 15) is 14.4 Å². The van der Waals surface area contributed by atoms with Gasteiger partial charge < -0.3 is 9.64 Å². The zero-order valence-corrected chi connectivity index (χ0v) is 17.9. The average molecular weight is 434 g/mol. The molecule has 4 rings (SSSR count). The maximum atomic E-state index is 13.5. The van der Waals surface area contributed by atoms with Gasteiger partial charge in [0.15, 0.2) is 6.10 Å². The molecule has 6 heteroatoms. The molecule has 1 amide bonds. The van der Waals surface area contributed by atoms with Gasteiger partial charge in [0.05, 0.1) is 16.5 Å². The molecule has 0 unspecified atom stereocenters. The van der Waals surface area contributed by atoms with Crippen LogP contribution in [0.25, 0.3) is 0 Å². The van der Waals surface area contributed by atoms with E-state index >= 15 is 0 Å². The molecule has 0 aromatic heterocycles. The molecule has 2 saturated heterocycles. The fourth-order valence-electron chi connectivity index (χ4n) is 4.04. The van der Waals surface area contributed by atoms with E-state index < -0.39 is 22.9 Å². The first kappa shape index (κ1) is 21.1. The standard InChI is InChI=1S/C25H23NO4S/c1-25(15-9-4-10-16-27)23(26-20(28)17-21(26)31-25)24(29)30-22(18-11-5-2-6-12-18)19-13-7-3-8-14-19/h2-16,21-23H,17H2,1H3/b10-4+,15-9+/t21-,23+,25+/m1/s1. The van der Waals surface area contributed by atoms with Gasteiger partial charge in [-0.3, -0.25) is 9.59 Å². The molecule has 2 aromatic rings. The van der Waals surface area contributed by atoms with Crippen LogP contribution in [0.5, 0.6) is 0 Å². The molecule has 31 heavy (non-hydrogen) atoms. The Kier molecular flexibility index (Phi) is 6.09. The van der Waals surface area contributed by atoms with Gasteiger partial charge in [0.2, 0.25) is 5.91 Å². The van der Waals surface area contributed by atoms with Crippen molar-refractivity contribution in [3.63, 3.8) is 0 Å². The highest BCUT2D eigenvalue weighted by atomic mass is 32.2. The van der Waals surface area contributed by atoms with Crippen molar-refractivity contribution in [2.45, 2.75) is 35.6 Å². The second-order valence-electron chi connectivity index (χ2n) is 7.68. The van der Waals surface area contributed by atoms with Gasteiger partial charge in [-0.2, -0.15) is 0 Å². The molecule has 0 saturated carbocycles. The molecule has 2 aliphatic heterocycles. The van der Waals surface area contributed by atoms with E-state index in [1.165, 1.54) is 6.08 Å². The minimum Gasteiger partial charge on any atom is -0.451 e. The van der Waals surface area contributed by atoms with Crippen LogP contribution in [0.3, 0.4) is 0 Å². The number of aldehydes is 1. The highest BCUT2D eigenvalue weighted by Gasteiger charge is 2.60. The lowest BCUT2D eigenvalue weighted by atomic mass is 9.95.